The third kappa shape index (κ3) is 4.07. The number of carbonyl (C=O) groups excluding carboxylic acids is 1. The summed E-state index contributed by atoms with van der Waals surface area (Å²) >= 11 is 0. The fourth-order valence-electron chi connectivity index (χ4n) is 3.87. The molecule has 2 aliphatic rings. The van der Waals surface area contributed by atoms with E-state index in [4.69, 9.17) is 0 Å². The average Bonchev–Trinajstić information content (AvgIpc) is 2.62. The van der Waals surface area contributed by atoms with E-state index in [-0.39, 0.29) is 18.7 Å². The van der Waals surface area contributed by atoms with Crippen molar-refractivity contribution in [2.75, 3.05) is 56.6 Å². The fourth-order valence-corrected chi connectivity index (χ4v) is 3.87. The number of urea groups is 1. The summed E-state index contributed by atoms with van der Waals surface area (Å²) in [5.74, 6) is 0.331. The molecule has 2 atom stereocenters. The Hall–Kier alpha value is -1.79. The number of aliphatic hydroxyl groups is 1. The molecule has 1 aromatic carbocycles. The third-order valence-electron chi connectivity index (χ3n) is 5.55. The number of likely N-dealkylation sites (N-methyl/N-ethyl adjacent to an activating group) is 1. The van der Waals surface area contributed by atoms with Crippen LogP contribution in [0, 0.1) is 5.92 Å². The second-order valence-electron chi connectivity index (χ2n) is 7.30. The van der Waals surface area contributed by atoms with Crippen LogP contribution in [0.15, 0.2) is 24.3 Å². The van der Waals surface area contributed by atoms with E-state index in [1.54, 1.807) is 4.90 Å². The Kier molecular flexibility index (Phi) is 5.81. The Balaban J connectivity index is 1.73. The lowest BCUT2D eigenvalue weighted by Crippen LogP contribution is -2.51. The van der Waals surface area contributed by atoms with E-state index in [9.17, 15) is 9.90 Å². The van der Waals surface area contributed by atoms with Crippen LogP contribution in [0.25, 0.3) is 0 Å². The number of likely N-dealkylation sites (tertiary alicyclic amines) is 1. The molecule has 2 fully saturated rings. The topological polar surface area (TPSA) is 59.1 Å². The smallest absolute Gasteiger partial charge is 0.322 e. The second-order valence-corrected chi connectivity index (χ2v) is 7.30. The van der Waals surface area contributed by atoms with Crippen molar-refractivity contribution < 1.29 is 9.90 Å². The van der Waals surface area contributed by atoms with Crippen LogP contribution in [0.2, 0.25) is 0 Å². The quantitative estimate of drug-likeness (QED) is 0.880. The number of benzene rings is 1. The molecule has 0 bridgehead atoms. The van der Waals surface area contributed by atoms with Crippen molar-refractivity contribution >= 4 is 17.4 Å². The Morgan fingerprint density at radius 3 is 2.64 bits per heavy atom. The monoisotopic (exact) mass is 346 g/mol. The molecule has 6 heteroatoms. The van der Waals surface area contributed by atoms with Gasteiger partial charge in [0.1, 0.15) is 0 Å². The van der Waals surface area contributed by atoms with Gasteiger partial charge in [-0.25, -0.2) is 4.79 Å². The molecule has 0 aliphatic carbocycles. The number of nitrogens with zero attached hydrogens (tertiary/aromatic N) is 3. The van der Waals surface area contributed by atoms with Gasteiger partial charge in [-0.15, -0.1) is 0 Å². The molecule has 0 aromatic heterocycles. The molecule has 0 saturated carbocycles. The van der Waals surface area contributed by atoms with Gasteiger partial charge in [0.2, 0.25) is 0 Å². The minimum atomic E-state index is -0.104. The third-order valence-corrected chi connectivity index (χ3v) is 5.55. The number of nitrogens with one attached hydrogen (secondary N) is 1. The number of hydrogen-bond donors (Lipinski definition) is 2. The van der Waals surface area contributed by atoms with E-state index in [1.807, 2.05) is 18.2 Å². The van der Waals surface area contributed by atoms with Gasteiger partial charge >= 0.3 is 6.03 Å². The molecule has 0 unspecified atom stereocenters. The Morgan fingerprint density at radius 1 is 1.20 bits per heavy atom. The summed E-state index contributed by atoms with van der Waals surface area (Å²) < 4.78 is 0. The van der Waals surface area contributed by atoms with Gasteiger partial charge in [-0.3, -0.25) is 0 Å². The second kappa shape index (κ2) is 8.06. The van der Waals surface area contributed by atoms with Gasteiger partial charge in [0, 0.05) is 32.7 Å². The van der Waals surface area contributed by atoms with Crippen LogP contribution in [0.1, 0.15) is 19.8 Å². The summed E-state index contributed by atoms with van der Waals surface area (Å²) in [6.07, 6.45) is 2.05. The summed E-state index contributed by atoms with van der Waals surface area (Å²) in [5, 5.41) is 12.8. The first-order valence-electron chi connectivity index (χ1n) is 9.31. The van der Waals surface area contributed by atoms with Crippen LogP contribution < -0.4 is 10.2 Å². The van der Waals surface area contributed by atoms with E-state index in [1.165, 1.54) is 0 Å². The zero-order chi connectivity index (χ0) is 17.8. The number of piperazine rings is 1. The highest BCUT2D eigenvalue weighted by Gasteiger charge is 2.31. The largest absolute Gasteiger partial charge is 0.394 e. The molecule has 2 saturated heterocycles. The summed E-state index contributed by atoms with van der Waals surface area (Å²) in [5.41, 5.74) is 1.93. The Morgan fingerprint density at radius 2 is 1.92 bits per heavy atom. The summed E-state index contributed by atoms with van der Waals surface area (Å²) in [6, 6.07) is 7.81. The van der Waals surface area contributed by atoms with Crippen molar-refractivity contribution in [3.8, 4) is 0 Å². The Bertz CT molecular complexity index is 587. The summed E-state index contributed by atoms with van der Waals surface area (Å²) in [4.78, 5) is 19.3. The highest BCUT2D eigenvalue weighted by Crippen LogP contribution is 2.28. The number of para-hydroxylation sites is 2. The van der Waals surface area contributed by atoms with Crippen LogP contribution in [0.4, 0.5) is 16.2 Å². The molecule has 1 aromatic rings. The highest BCUT2D eigenvalue weighted by atomic mass is 16.3. The molecule has 2 aliphatic heterocycles. The molecular formula is C19H30N4O2. The molecule has 138 valence electrons. The Labute approximate surface area is 150 Å². The molecule has 0 radical (unpaired) electrons. The van der Waals surface area contributed by atoms with E-state index < -0.39 is 0 Å². The van der Waals surface area contributed by atoms with E-state index in [0.717, 1.165) is 50.4 Å². The SMILES string of the molecule is C[C@@H]1CCCN(C(=O)Nc2ccccc2N2CCN(C)CC2)[C@H]1CO. The number of rotatable bonds is 3. The molecular weight excluding hydrogens is 316 g/mol. The van der Waals surface area contributed by atoms with Gasteiger partial charge in [-0.1, -0.05) is 19.1 Å². The number of amides is 2. The minimum Gasteiger partial charge on any atom is -0.394 e. The molecule has 6 nitrogen and oxygen atoms in total. The number of hydrogen-bond acceptors (Lipinski definition) is 4. The maximum absolute atomic E-state index is 12.8. The predicted octanol–water partition coefficient (Wildman–Crippen LogP) is 2.06. The molecule has 2 amide bonds. The van der Waals surface area contributed by atoms with Crippen molar-refractivity contribution in [2.45, 2.75) is 25.8 Å². The van der Waals surface area contributed by atoms with Gasteiger partial charge in [0.05, 0.1) is 24.0 Å². The van der Waals surface area contributed by atoms with Gasteiger partial charge in [0.15, 0.2) is 0 Å². The zero-order valence-electron chi connectivity index (χ0n) is 15.3. The standard InChI is InChI=1S/C19H30N4O2/c1-15-6-5-9-23(18(15)14-24)19(25)20-16-7-3-4-8-17(16)22-12-10-21(2)11-13-22/h3-4,7-8,15,18,24H,5-6,9-14H2,1-2H3,(H,20,25)/t15-,18+/m1/s1. The van der Waals surface area contributed by atoms with Crippen LogP contribution >= 0.6 is 0 Å². The van der Waals surface area contributed by atoms with Crippen molar-refractivity contribution in [1.82, 2.24) is 9.80 Å². The van der Waals surface area contributed by atoms with Crippen molar-refractivity contribution in [1.29, 1.82) is 0 Å². The molecule has 2 heterocycles. The maximum Gasteiger partial charge on any atom is 0.322 e. The summed E-state index contributed by atoms with van der Waals surface area (Å²) in [7, 11) is 2.14. The maximum atomic E-state index is 12.8. The first-order valence-corrected chi connectivity index (χ1v) is 9.31. The lowest BCUT2D eigenvalue weighted by Gasteiger charge is -2.39. The van der Waals surface area contributed by atoms with Crippen molar-refractivity contribution in [3.05, 3.63) is 24.3 Å². The van der Waals surface area contributed by atoms with Crippen LogP contribution in [0.3, 0.4) is 0 Å². The molecule has 25 heavy (non-hydrogen) atoms. The predicted molar refractivity (Wildman–Crippen MR) is 101 cm³/mol. The average molecular weight is 346 g/mol. The van der Waals surface area contributed by atoms with Crippen LogP contribution in [-0.4, -0.2) is 73.4 Å². The lowest BCUT2D eigenvalue weighted by molar-refractivity contribution is 0.0811. The van der Waals surface area contributed by atoms with E-state index in [0.29, 0.717) is 12.5 Å². The minimum absolute atomic E-state index is 0.0225. The van der Waals surface area contributed by atoms with E-state index >= 15 is 0 Å². The molecule has 3 rings (SSSR count). The molecule has 0 spiro atoms. The van der Waals surface area contributed by atoms with Gasteiger partial charge in [0.25, 0.3) is 0 Å². The molecule has 2 N–H and O–H groups in total. The number of anilines is 2. The van der Waals surface area contributed by atoms with Crippen molar-refractivity contribution in [3.63, 3.8) is 0 Å². The number of piperidine rings is 1. The van der Waals surface area contributed by atoms with E-state index in [2.05, 4.69) is 35.2 Å². The first kappa shape index (κ1) is 18.0. The zero-order valence-corrected chi connectivity index (χ0v) is 15.3. The first-order chi connectivity index (χ1) is 12.1. The van der Waals surface area contributed by atoms with Gasteiger partial charge in [-0.2, -0.15) is 0 Å². The summed E-state index contributed by atoms with van der Waals surface area (Å²) in [6.45, 7) is 6.81. The number of carbonyl (C=O) groups is 1. The van der Waals surface area contributed by atoms with Crippen LogP contribution in [-0.2, 0) is 0 Å². The lowest BCUT2D eigenvalue weighted by atomic mass is 9.91. The normalized spacial score (nSPS) is 25.1. The van der Waals surface area contributed by atoms with Gasteiger partial charge < -0.3 is 25.1 Å². The fraction of sp³-hybridized carbons (Fsp3) is 0.632. The van der Waals surface area contributed by atoms with Gasteiger partial charge in [-0.05, 0) is 37.9 Å². The highest BCUT2D eigenvalue weighted by molar-refractivity contribution is 5.93. The number of aliphatic hydroxyl groups excluding tert-OH is 1. The van der Waals surface area contributed by atoms with Crippen molar-refractivity contribution in [2.24, 2.45) is 5.92 Å². The van der Waals surface area contributed by atoms with Crippen LogP contribution in [0.5, 0.6) is 0 Å².